The lowest BCUT2D eigenvalue weighted by atomic mass is 10.2. The number of benzene rings is 2. The Morgan fingerprint density at radius 3 is 2.69 bits per heavy atom. The smallest absolute Gasteiger partial charge is 0.338 e. The van der Waals surface area contributed by atoms with Crippen molar-refractivity contribution in [2.24, 2.45) is 0 Å². The highest BCUT2D eigenvalue weighted by atomic mass is 32.1. The number of hydrogen-bond acceptors (Lipinski definition) is 6. The maximum atomic E-state index is 12.3. The molecule has 2 heterocycles. The summed E-state index contributed by atoms with van der Waals surface area (Å²) < 4.78 is 16.3. The van der Waals surface area contributed by atoms with Crippen molar-refractivity contribution in [1.29, 1.82) is 0 Å². The predicted octanol–water partition coefficient (Wildman–Crippen LogP) is 4.25. The number of carbonyl (C=O) groups excluding carboxylic acids is 1. The van der Waals surface area contributed by atoms with E-state index in [0.29, 0.717) is 30.3 Å². The number of carbonyl (C=O) groups is 1. The van der Waals surface area contributed by atoms with Crippen LogP contribution in [0, 0.1) is 6.92 Å². The van der Waals surface area contributed by atoms with E-state index in [1.54, 1.807) is 18.2 Å². The molecule has 1 aliphatic rings. The zero-order valence-corrected chi connectivity index (χ0v) is 15.0. The average Bonchev–Trinajstić information content (AvgIpc) is 3.15. The Morgan fingerprint density at radius 1 is 1.12 bits per heavy atom. The Kier molecular flexibility index (Phi) is 4.58. The molecule has 5 nitrogen and oxygen atoms in total. The maximum Gasteiger partial charge on any atom is 0.338 e. The zero-order chi connectivity index (χ0) is 17.9. The van der Waals surface area contributed by atoms with Gasteiger partial charge in [0.05, 0.1) is 11.3 Å². The van der Waals surface area contributed by atoms with E-state index in [1.807, 2.05) is 24.4 Å². The van der Waals surface area contributed by atoms with Gasteiger partial charge >= 0.3 is 5.97 Å². The molecule has 0 amide bonds. The molecule has 0 aliphatic carbocycles. The zero-order valence-electron chi connectivity index (χ0n) is 14.2. The van der Waals surface area contributed by atoms with Crippen LogP contribution in [-0.4, -0.2) is 24.2 Å². The van der Waals surface area contributed by atoms with Crippen LogP contribution >= 0.6 is 11.3 Å². The lowest BCUT2D eigenvalue weighted by Crippen LogP contribution is -2.16. The van der Waals surface area contributed by atoms with E-state index in [0.717, 1.165) is 16.3 Å². The fourth-order valence-electron chi connectivity index (χ4n) is 2.60. The highest BCUT2D eigenvalue weighted by Gasteiger charge is 2.16. The molecule has 0 saturated heterocycles. The van der Waals surface area contributed by atoms with Crippen LogP contribution in [-0.2, 0) is 11.3 Å². The van der Waals surface area contributed by atoms with Crippen LogP contribution in [0.3, 0.4) is 0 Å². The number of rotatable bonds is 4. The second-order valence-electron chi connectivity index (χ2n) is 5.94. The fourth-order valence-corrected chi connectivity index (χ4v) is 3.41. The number of fused-ring (bicyclic) bond motifs is 1. The molecule has 1 aliphatic heterocycles. The monoisotopic (exact) mass is 367 g/mol. The van der Waals surface area contributed by atoms with Crippen molar-refractivity contribution in [2.75, 3.05) is 13.2 Å². The van der Waals surface area contributed by atoms with Crippen LogP contribution in [0.1, 0.15) is 21.6 Å². The quantitative estimate of drug-likeness (QED) is 0.645. The highest BCUT2D eigenvalue weighted by Crippen LogP contribution is 2.31. The van der Waals surface area contributed by atoms with Crippen molar-refractivity contribution in [2.45, 2.75) is 13.5 Å². The van der Waals surface area contributed by atoms with Crippen LogP contribution in [0.5, 0.6) is 11.5 Å². The molecule has 0 unspecified atom stereocenters. The molecule has 2 aromatic carbocycles. The van der Waals surface area contributed by atoms with E-state index in [4.69, 9.17) is 14.2 Å². The van der Waals surface area contributed by atoms with Crippen LogP contribution in [0.2, 0.25) is 0 Å². The molecule has 0 bridgehead atoms. The number of hydrogen-bond donors (Lipinski definition) is 0. The molecule has 6 heteroatoms. The summed E-state index contributed by atoms with van der Waals surface area (Å²) in [6, 6.07) is 13.2. The third kappa shape index (κ3) is 3.55. The van der Waals surface area contributed by atoms with Gasteiger partial charge in [-0.05, 0) is 25.1 Å². The minimum Gasteiger partial charge on any atom is -0.486 e. The van der Waals surface area contributed by atoms with E-state index >= 15 is 0 Å². The molecule has 4 rings (SSSR count). The van der Waals surface area contributed by atoms with Gasteiger partial charge in [-0.15, -0.1) is 11.3 Å². The molecule has 3 aromatic rings. The molecule has 26 heavy (non-hydrogen) atoms. The van der Waals surface area contributed by atoms with Gasteiger partial charge in [0.15, 0.2) is 11.5 Å². The standard InChI is InChI=1S/C20H17NO4S/c1-13-2-4-14(5-3-13)19-21-16(12-26-19)11-25-20(22)15-6-7-17-18(10-15)24-9-8-23-17/h2-7,10,12H,8-9,11H2,1H3. The van der Waals surface area contributed by atoms with E-state index in [-0.39, 0.29) is 6.61 Å². The van der Waals surface area contributed by atoms with Crippen molar-refractivity contribution in [3.63, 3.8) is 0 Å². The Labute approximate surface area is 155 Å². The Balaban J connectivity index is 1.41. The van der Waals surface area contributed by atoms with E-state index in [9.17, 15) is 4.79 Å². The summed E-state index contributed by atoms with van der Waals surface area (Å²) in [6.07, 6.45) is 0. The third-order valence-corrected chi connectivity index (χ3v) is 4.92. The number of esters is 1. The first-order valence-electron chi connectivity index (χ1n) is 8.27. The Morgan fingerprint density at radius 2 is 1.88 bits per heavy atom. The molecule has 1 aromatic heterocycles. The van der Waals surface area contributed by atoms with Gasteiger partial charge in [-0.25, -0.2) is 9.78 Å². The van der Waals surface area contributed by atoms with Gasteiger partial charge in [0.25, 0.3) is 0 Å². The molecule has 132 valence electrons. The van der Waals surface area contributed by atoms with Crippen molar-refractivity contribution in [1.82, 2.24) is 4.98 Å². The minimum absolute atomic E-state index is 0.135. The minimum atomic E-state index is -0.410. The predicted molar refractivity (Wildman–Crippen MR) is 98.8 cm³/mol. The normalized spacial score (nSPS) is 12.7. The number of ether oxygens (including phenoxy) is 3. The topological polar surface area (TPSA) is 57.7 Å². The third-order valence-electron chi connectivity index (χ3n) is 3.98. The summed E-state index contributed by atoms with van der Waals surface area (Å²) in [4.78, 5) is 16.8. The van der Waals surface area contributed by atoms with E-state index in [2.05, 4.69) is 17.1 Å². The van der Waals surface area contributed by atoms with Gasteiger partial charge in [0.2, 0.25) is 0 Å². The van der Waals surface area contributed by atoms with Crippen LogP contribution in [0.4, 0.5) is 0 Å². The number of aromatic nitrogens is 1. The van der Waals surface area contributed by atoms with Crippen molar-refractivity contribution in [3.05, 3.63) is 64.7 Å². The summed E-state index contributed by atoms with van der Waals surface area (Å²) in [5.74, 6) is 0.808. The van der Waals surface area contributed by atoms with E-state index in [1.165, 1.54) is 16.9 Å². The van der Waals surface area contributed by atoms with Gasteiger partial charge in [-0.1, -0.05) is 29.8 Å². The average molecular weight is 367 g/mol. The molecule has 0 saturated carbocycles. The largest absolute Gasteiger partial charge is 0.486 e. The highest BCUT2D eigenvalue weighted by molar-refractivity contribution is 7.13. The summed E-state index contributed by atoms with van der Waals surface area (Å²) in [5, 5.41) is 2.82. The van der Waals surface area contributed by atoms with Gasteiger partial charge in [-0.2, -0.15) is 0 Å². The molecule has 0 fully saturated rings. The molecule has 0 radical (unpaired) electrons. The maximum absolute atomic E-state index is 12.3. The summed E-state index contributed by atoms with van der Waals surface area (Å²) in [7, 11) is 0. The van der Waals surface area contributed by atoms with Crippen molar-refractivity contribution in [3.8, 4) is 22.1 Å². The van der Waals surface area contributed by atoms with Crippen LogP contribution in [0.15, 0.2) is 47.8 Å². The molecular weight excluding hydrogens is 350 g/mol. The summed E-state index contributed by atoms with van der Waals surface area (Å²) >= 11 is 1.54. The van der Waals surface area contributed by atoms with E-state index < -0.39 is 5.97 Å². The Hall–Kier alpha value is -2.86. The van der Waals surface area contributed by atoms with Gasteiger partial charge < -0.3 is 14.2 Å². The SMILES string of the molecule is Cc1ccc(-c2nc(COC(=O)c3ccc4c(c3)OCCO4)cs2)cc1. The molecule has 0 N–H and O–H groups in total. The lowest BCUT2D eigenvalue weighted by molar-refractivity contribution is 0.0467. The first-order valence-corrected chi connectivity index (χ1v) is 9.15. The second-order valence-corrected chi connectivity index (χ2v) is 6.80. The summed E-state index contributed by atoms with van der Waals surface area (Å²) in [6.45, 7) is 3.18. The fraction of sp³-hybridized carbons (Fsp3) is 0.200. The second kappa shape index (κ2) is 7.17. The van der Waals surface area contributed by atoms with Gasteiger partial charge in [0, 0.05) is 10.9 Å². The first kappa shape index (κ1) is 16.6. The van der Waals surface area contributed by atoms with Gasteiger partial charge in [0.1, 0.15) is 24.8 Å². The molecule has 0 atom stereocenters. The Bertz CT molecular complexity index is 933. The van der Waals surface area contributed by atoms with Crippen LogP contribution < -0.4 is 9.47 Å². The molecular formula is C20H17NO4S. The first-order chi connectivity index (χ1) is 12.7. The number of nitrogens with zero attached hydrogens (tertiary/aromatic N) is 1. The summed E-state index contributed by atoms with van der Waals surface area (Å²) in [5.41, 5.74) is 3.43. The van der Waals surface area contributed by atoms with Crippen LogP contribution in [0.25, 0.3) is 10.6 Å². The lowest BCUT2D eigenvalue weighted by Gasteiger charge is -2.18. The number of aryl methyl sites for hydroxylation is 1. The molecule has 0 spiro atoms. The van der Waals surface area contributed by atoms with Crippen molar-refractivity contribution >= 4 is 17.3 Å². The van der Waals surface area contributed by atoms with Gasteiger partial charge in [-0.3, -0.25) is 0 Å². The van der Waals surface area contributed by atoms with Crippen molar-refractivity contribution < 1.29 is 19.0 Å². The number of thiazole rings is 1.